The van der Waals surface area contributed by atoms with Gasteiger partial charge >= 0.3 is 5.97 Å². The number of nitriles is 1. The third kappa shape index (κ3) is 2.96. The molecule has 7 heteroatoms. The van der Waals surface area contributed by atoms with Crippen LogP contribution in [0.2, 0.25) is 0 Å². The molecule has 0 aliphatic carbocycles. The van der Waals surface area contributed by atoms with Gasteiger partial charge in [-0.2, -0.15) is 5.26 Å². The first-order valence-corrected chi connectivity index (χ1v) is 5.40. The standard InChI is InChI=1S/C11H9ClN2O4/c1-18-11(15)4-7-3-10(14(16)17)8(5-12)2-9(7)6-13/h2-3H,4-5H2,1H3. The lowest BCUT2D eigenvalue weighted by Gasteiger charge is -2.06. The topological polar surface area (TPSA) is 93.2 Å². The monoisotopic (exact) mass is 268 g/mol. The summed E-state index contributed by atoms with van der Waals surface area (Å²) >= 11 is 5.58. The number of hydrogen-bond donors (Lipinski definition) is 0. The van der Waals surface area contributed by atoms with Crippen LogP contribution in [0.25, 0.3) is 0 Å². The van der Waals surface area contributed by atoms with Crippen LogP contribution in [0.5, 0.6) is 0 Å². The summed E-state index contributed by atoms with van der Waals surface area (Å²) in [6.45, 7) is 0. The number of nitro benzene ring substituents is 1. The summed E-state index contributed by atoms with van der Waals surface area (Å²) < 4.78 is 4.47. The summed E-state index contributed by atoms with van der Waals surface area (Å²) in [6, 6.07) is 4.39. The van der Waals surface area contributed by atoms with Gasteiger partial charge in [0, 0.05) is 11.6 Å². The molecule has 6 nitrogen and oxygen atoms in total. The Kier molecular flexibility index (Phi) is 4.63. The second-order valence-corrected chi connectivity index (χ2v) is 3.66. The van der Waals surface area contributed by atoms with Crippen LogP contribution >= 0.6 is 11.6 Å². The lowest BCUT2D eigenvalue weighted by molar-refractivity contribution is -0.385. The molecule has 0 amide bonds. The number of nitro groups is 1. The summed E-state index contributed by atoms with van der Waals surface area (Å²) in [4.78, 5) is 21.4. The van der Waals surface area contributed by atoms with E-state index >= 15 is 0 Å². The molecule has 0 aliphatic heterocycles. The minimum atomic E-state index is -0.598. The average Bonchev–Trinajstić information content (AvgIpc) is 2.37. The highest BCUT2D eigenvalue weighted by atomic mass is 35.5. The highest BCUT2D eigenvalue weighted by Crippen LogP contribution is 2.25. The highest BCUT2D eigenvalue weighted by molar-refractivity contribution is 6.17. The summed E-state index contributed by atoms with van der Waals surface area (Å²) in [5.41, 5.74) is 0.473. The van der Waals surface area contributed by atoms with E-state index < -0.39 is 10.9 Å². The molecule has 0 bridgehead atoms. The molecule has 0 aromatic heterocycles. The van der Waals surface area contributed by atoms with Crippen LogP contribution in [0.15, 0.2) is 12.1 Å². The van der Waals surface area contributed by atoms with Gasteiger partial charge in [-0.15, -0.1) is 11.6 Å². The smallest absolute Gasteiger partial charge is 0.310 e. The van der Waals surface area contributed by atoms with Gasteiger partial charge in [-0.3, -0.25) is 14.9 Å². The van der Waals surface area contributed by atoms with Crippen molar-refractivity contribution >= 4 is 23.3 Å². The Morgan fingerprint density at radius 2 is 2.22 bits per heavy atom. The number of benzene rings is 1. The zero-order chi connectivity index (χ0) is 13.7. The van der Waals surface area contributed by atoms with Gasteiger partial charge in [0.1, 0.15) is 0 Å². The maximum atomic E-state index is 11.2. The number of alkyl halides is 1. The molecule has 0 spiro atoms. The van der Waals surface area contributed by atoms with Crippen molar-refractivity contribution in [2.75, 3.05) is 7.11 Å². The zero-order valence-electron chi connectivity index (χ0n) is 9.47. The summed E-state index contributed by atoms with van der Waals surface area (Å²) in [7, 11) is 1.20. The Morgan fingerprint density at radius 3 is 2.67 bits per heavy atom. The molecule has 0 saturated heterocycles. The quantitative estimate of drug-likeness (QED) is 0.360. The maximum Gasteiger partial charge on any atom is 0.310 e. The van der Waals surface area contributed by atoms with Crippen LogP contribution in [0.4, 0.5) is 5.69 Å². The third-order valence-electron chi connectivity index (χ3n) is 2.33. The van der Waals surface area contributed by atoms with Gasteiger partial charge in [0.2, 0.25) is 0 Å². The number of esters is 1. The molecule has 0 aliphatic rings. The number of methoxy groups -OCH3 is 1. The molecule has 0 unspecified atom stereocenters. The Hall–Kier alpha value is -2.13. The van der Waals surface area contributed by atoms with E-state index in [0.29, 0.717) is 0 Å². The van der Waals surface area contributed by atoms with Crippen LogP contribution in [-0.2, 0) is 21.8 Å². The molecule has 0 fully saturated rings. The minimum Gasteiger partial charge on any atom is -0.469 e. The molecule has 0 saturated carbocycles. The Morgan fingerprint density at radius 1 is 1.56 bits per heavy atom. The molecule has 1 aromatic rings. The lowest BCUT2D eigenvalue weighted by atomic mass is 10.0. The van der Waals surface area contributed by atoms with Crippen molar-refractivity contribution in [2.45, 2.75) is 12.3 Å². The molecule has 18 heavy (non-hydrogen) atoms. The normalized spacial score (nSPS) is 9.61. The van der Waals surface area contributed by atoms with E-state index in [4.69, 9.17) is 16.9 Å². The summed E-state index contributed by atoms with van der Waals surface area (Å²) in [5.74, 6) is -0.650. The van der Waals surface area contributed by atoms with Crippen LogP contribution in [0, 0.1) is 21.4 Å². The van der Waals surface area contributed by atoms with Crippen molar-refractivity contribution in [2.24, 2.45) is 0 Å². The second-order valence-electron chi connectivity index (χ2n) is 3.39. The van der Waals surface area contributed by atoms with E-state index in [9.17, 15) is 14.9 Å². The van der Waals surface area contributed by atoms with E-state index in [-0.39, 0.29) is 34.7 Å². The van der Waals surface area contributed by atoms with Gasteiger partial charge in [-0.05, 0) is 11.6 Å². The highest BCUT2D eigenvalue weighted by Gasteiger charge is 2.19. The van der Waals surface area contributed by atoms with E-state index in [1.54, 1.807) is 0 Å². The van der Waals surface area contributed by atoms with Crippen molar-refractivity contribution in [1.29, 1.82) is 5.26 Å². The van der Waals surface area contributed by atoms with Gasteiger partial charge in [0.15, 0.2) is 0 Å². The molecule has 0 heterocycles. The van der Waals surface area contributed by atoms with Crippen molar-refractivity contribution < 1.29 is 14.5 Å². The predicted molar refractivity (Wildman–Crippen MR) is 63.1 cm³/mol. The molecule has 94 valence electrons. The number of carbonyl (C=O) groups is 1. The van der Waals surface area contributed by atoms with E-state index in [1.807, 2.05) is 6.07 Å². The predicted octanol–water partition coefficient (Wildman–Crippen LogP) is 1.92. The van der Waals surface area contributed by atoms with Gasteiger partial charge in [0.25, 0.3) is 5.69 Å². The molecule has 0 radical (unpaired) electrons. The first-order valence-electron chi connectivity index (χ1n) is 4.86. The number of nitrogens with zero attached hydrogens (tertiary/aromatic N) is 2. The fraction of sp³-hybridized carbons (Fsp3) is 0.273. The van der Waals surface area contributed by atoms with Crippen LogP contribution in [0.3, 0.4) is 0 Å². The molecular formula is C11H9ClN2O4. The summed E-state index contributed by atoms with van der Waals surface area (Å²) in [6.07, 6.45) is -0.192. The molecular weight excluding hydrogens is 260 g/mol. The van der Waals surface area contributed by atoms with Crippen LogP contribution < -0.4 is 0 Å². The lowest BCUT2D eigenvalue weighted by Crippen LogP contribution is -2.07. The number of hydrogen-bond acceptors (Lipinski definition) is 5. The number of rotatable bonds is 4. The fourth-order valence-electron chi connectivity index (χ4n) is 1.43. The van der Waals surface area contributed by atoms with Gasteiger partial charge in [-0.1, -0.05) is 0 Å². The van der Waals surface area contributed by atoms with Crippen molar-refractivity contribution in [3.05, 3.63) is 38.9 Å². The Bertz CT molecular complexity index is 537. The Balaban J connectivity index is 3.33. The number of carbonyl (C=O) groups excluding carboxylic acids is 1. The van der Waals surface area contributed by atoms with E-state index in [1.165, 1.54) is 19.2 Å². The van der Waals surface area contributed by atoms with Gasteiger partial charge in [0.05, 0.1) is 36.0 Å². The SMILES string of the molecule is COC(=O)Cc1cc([N+](=O)[O-])c(CCl)cc1C#N. The first-order chi connectivity index (χ1) is 8.53. The van der Waals surface area contributed by atoms with Gasteiger partial charge < -0.3 is 4.74 Å². The third-order valence-corrected chi connectivity index (χ3v) is 2.62. The van der Waals surface area contributed by atoms with Crippen molar-refractivity contribution in [1.82, 2.24) is 0 Å². The largest absolute Gasteiger partial charge is 0.469 e. The number of halogens is 1. The zero-order valence-corrected chi connectivity index (χ0v) is 10.2. The van der Waals surface area contributed by atoms with Crippen molar-refractivity contribution in [3.8, 4) is 6.07 Å². The van der Waals surface area contributed by atoms with Crippen molar-refractivity contribution in [3.63, 3.8) is 0 Å². The molecule has 0 N–H and O–H groups in total. The van der Waals surface area contributed by atoms with Gasteiger partial charge in [-0.25, -0.2) is 0 Å². The van der Waals surface area contributed by atoms with Crippen LogP contribution in [-0.4, -0.2) is 18.0 Å². The second kappa shape index (κ2) is 5.98. The Labute approximate surface area is 108 Å². The van der Waals surface area contributed by atoms with E-state index in [0.717, 1.165) is 0 Å². The molecule has 1 aromatic carbocycles. The first kappa shape index (κ1) is 13.9. The van der Waals surface area contributed by atoms with Crippen LogP contribution in [0.1, 0.15) is 16.7 Å². The maximum absolute atomic E-state index is 11.2. The minimum absolute atomic E-state index is 0.0799. The average molecular weight is 269 g/mol. The van der Waals surface area contributed by atoms with E-state index in [2.05, 4.69) is 4.74 Å². The number of ether oxygens (including phenoxy) is 1. The molecule has 1 rings (SSSR count). The fourth-order valence-corrected chi connectivity index (χ4v) is 1.65. The molecule has 0 atom stereocenters. The summed E-state index contributed by atoms with van der Waals surface area (Å²) in [5, 5.41) is 19.8.